The Morgan fingerprint density at radius 3 is 2.21 bits per heavy atom. The van der Waals surface area contributed by atoms with Crippen LogP contribution in [-0.4, -0.2) is 28.0 Å². The lowest BCUT2D eigenvalue weighted by molar-refractivity contribution is 0.274. The first-order chi connectivity index (χ1) is 8.82. The first kappa shape index (κ1) is 16.0. The van der Waals surface area contributed by atoms with Gasteiger partial charge in [0.1, 0.15) is 0 Å². The van der Waals surface area contributed by atoms with Gasteiger partial charge in [0, 0.05) is 13.1 Å². The Kier molecular flexibility index (Phi) is 5.79. The van der Waals surface area contributed by atoms with Crippen LogP contribution in [0.4, 0.5) is 11.9 Å². The molecular weight excluding hydrogens is 262 g/mol. The average Bonchev–Trinajstić information content (AvgIpc) is 2.31. The minimum Gasteiger partial charge on any atom is -0.354 e. The summed E-state index contributed by atoms with van der Waals surface area (Å²) < 4.78 is 0. The average molecular weight is 286 g/mol. The Morgan fingerprint density at radius 1 is 1.11 bits per heavy atom. The first-order valence-electron chi connectivity index (χ1n) is 6.72. The molecule has 1 rings (SSSR count). The van der Waals surface area contributed by atoms with Crippen molar-refractivity contribution in [1.29, 1.82) is 0 Å². The van der Waals surface area contributed by atoms with Gasteiger partial charge in [-0.2, -0.15) is 15.0 Å². The van der Waals surface area contributed by atoms with Crippen LogP contribution in [0.2, 0.25) is 5.28 Å². The smallest absolute Gasteiger partial charge is 0.228 e. The standard InChI is InChI=1S/C13H24ClN5/c1-6-7-15-11-17-10(14)18-12(19-11)16-8-9(2)13(3,4)5/h9H,6-8H2,1-5H3,(H2,15,16,17,18,19). The summed E-state index contributed by atoms with van der Waals surface area (Å²) in [6.07, 6.45) is 1.01. The third-order valence-corrected chi connectivity index (χ3v) is 3.36. The van der Waals surface area contributed by atoms with E-state index in [9.17, 15) is 0 Å². The molecule has 6 heteroatoms. The van der Waals surface area contributed by atoms with E-state index in [0.717, 1.165) is 19.5 Å². The highest BCUT2D eigenvalue weighted by Gasteiger charge is 2.20. The number of hydrogen-bond acceptors (Lipinski definition) is 5. The number of hydrogen-bond donors (Lipinski definition) is 2. The minimum absolute atomic E-state index is 0.208. The normalized spacial score (nSPS) is 13.2. The van der Waals surface area contributed by atoms with Crippen molar-refractivity contribution < 1.29 is 0 Å². The van der Waals surface area contributed by atoms with Gasteiger partial charge < -0.3 is 10.6 Å². The number of nitrogens with one attached hydrogen (secondary N) is 2. The Bertz CT molecular complexity index is 403. The van der Waals surface area contributed by atoms with Crippen LogP contribution in [0.15, 0.2) is 0 Å². The number of anilines is 2. The highest BCUT2D eigenvalue weighted by molar-refractivity contribution is 6.28. The lowest BCUT2D eigenvalue weighted by Crippen LogP contribution is -2.25. The quantitative estimate of drug-likeness (QED) is 0.838. The van der Waals surface area contributed by atoms with Crippen LogP contribution < -0.4 is 10.6 Å². The zero-order valence-electron chi connectivity index (χ0n) is 12.4. The maximum Gasteiger partial charge on any atom is 0.228 e. The highest BCUT2D eigenvalue weighted by atomic mass is 35.5. The molecule has 0 saturated heterocycles. The van der Waals surface area contributed by atoms with Crippen molar-refractivity contribution >= 4 is 23.5 Å². The molecule has 0 saturated carbocycles. The highest BCUT2D eigenvalue weighted by Crippen LogP contribution is 2.25. The van der Waals surface area contributed by atoms with Gasteiger partial charge in [-0.1, -0.05) is 34.6 Å². The molecule has 1 unspecified atom stereocenters. The van der Waals surface area contributed by atoms with Crippen LogP contribution in [-0.2, 0) is 0 Å². The van der Waals surface area contributed by atoms with E-state index in [-0.39, 0.29) is 10.7 Å². The molecule has 5 nitrogen and oxygen atoms in total. The molecule has 108 valence electrons. The van der Waals surface area contributed by atoms with Gasteiger partial charge >= 0.3 is 0 Å². The van der Waals surface area contributed by atoms with Gasteiger partial charge in [0.2, 0.25) is 17.2 Å². The maximum absolute atomic E-state index is 5.89. The fraction of sp³-hybridized carbons (Fsp3) is 0.769. The van der Waals surface area contributed by atoms with Crippen molar-refractivity contribution in [2.24, 2.45) is 11.3 Å². The molecule has 0 spiro atoms. The van der Waals surface area contributed by atoms with E-state index in [1.54, 1.807) is 0 Å². The lowest BCUT2D eigenvalue weighted by atomic mass is 9.82. The fourth-order valence-corrected chi connectivity index (χ4v) is 1.46. The number of halogens is 1. The summed E-state index contributed by atoms with van der Waals surface area (Å²) in [7, 11) is 0. The van der Waals surface area contributed by atoms with Crippen LogP contribution >= 0.6 is 11.6 Å². The van der Waals surface area contributed by atoms with Gasteiger partial charge in [0.15, 0.2) is 0 Å². The fourth-order valence-electron chi connectivity index (χ4n) is 1.30. The number of aromatic nitrogens is 3. The van der Waals surface area contributed by atoms with Crippen molar-refractivity contribution in [2.75, 3.05) is 23.7 Å². The van der Waals surface area contributed by atoms with Gasteiger partial charge in [-0.15, -0.1) is 0 Å². The van der Waals surface area contributed by atoms with Crippen molar-refractivity contribution in [3.63, 3.8) is 0 Å². The molecule has 0 aromatic carbocycles. The number of nitrogens with zero attached hydrogens (tertiary/aromatic N) is 3. The molecule has 0 aliphatic carbocycles. The van der Waals surface area contributed by atoms with Crippen LogP contribution in [0.1, 0.15) is 41.0 Å². The predicted molar refractivity (Wildman–Crippen MR) is 80.7 cm³/mol. The summed E-state index contributed by atoms with van der Waals surface area (Å²) in [6, 6.07) is 0. The second kappa shape index (κ2) is 6.89. The van der Waals surface area contributed by atoms with E-state index in [4.69, 9.17) is 11.6 Å². The van der Waals surface area contributed by atoms with Crippen molar-refractivity contribution in [3.8, 4) is 0 Å². The van der Waals surface area contributed by atoms with Gasteiger partial charge in [0.05, 0.1) is 0 Å². The molecule has 19 heavy (non-hydrogen) atoms. The molecule has 1 aromatic rings. The monoisotopic (exact) mass is 285 g/mol. The molecule has 0 aliphatic heterocycles. The summed E-state index contributed by atoms with van der Waals surface area (Å²) in [5.41, 5.74) is 0.243. The maximum atomic E-state index is 5.89. The SMILES string of the molecule is CCCNc1nc(Cl)nc(NCC(C)C(C)(C)C)n1. The Hall–Kier alpha value is -1.10. The molecule has 0 radical (unpaired) electrons. The Balaban J connectivity index is 2.65. The lowest BCUT2D eigenvalue weighted by Gasteiger charge is -2.27. The van der Waals surface area contributed by atoms with E-state index >= 15 is 0 Å². The van der Waals surface area contributed by atoms with Gasteiger partial charge in [-0.3, -0.25) is 0 Å². The molecule has 1 aromatic heterocycles. The molecule has 0 amide bonds. The topological polar surface area (TPSA) is 62.7 Å². The van der Waals surface area contributed by atoms with Gasteiger partial charge in [-0.25, -0.2) is 0 Å². The Labute approximate surface area is 120 Å². The van der Waals surface area contributed by atoms with Gasteiger partial charge in [-0.05, 0) is 29.4 Å². The van der Waals surface area contributed by atoms with Crippen molar-refractivity contribution in [2.45, 2.75) is 41.0 Å². The second-order valence-corrected chi connectivity index (χ2v) is 6.16. The molecular formula is C13H24ClN5. The largest absolute Gasteiger partial charge is 0.354 e. The zero-order valence-corrected chi connectivity index (χ0v) is 13.2. The molecule has 1 heterocycles. The molecule has 0 aliphatic rings. The molecule has 0 fully saturated rings. The van der Waals surface area contributed by atoms with Crippen LogP contribution in [0.5, 0.6) is 0 Å². The van der Waals surface area contributed by atoms with Crippen LogP contribution in [0, 0.1) is 11.3 Å². The summed E-state index contributed by atoms with van der Waals surface area (Å²) in [6.45, 7) is 12.6. The van der Waals surface area contributed by atoms with E-state index in [1.807, 2.05) is 0 Å². The Morgan fingerprint density at radius 2 is 1.68 bits per heavy atom. The van der Waals surface area contributed by atoms with Crippen LogP contribution in [0.3, 0.4) is 0 Å². The summed E-state index contributed by atoms with van der Waals surface area (Å²) in [5, 5.41) is 6.54. The predicted octanol–water partition coefficient (Wildman–Crippen LogP) is 3.44. The summed E-state index contributed by atoms with van der Waals surface area (Å²) >= 11 is 5.89. The van der Waals surface area contributed by atoms with Gasteiger partial charge in [0.25, 0.3) is 0 Å². The second-order valence-electron chi connectivity index (χ2n) is 5.83. The molecule has 0 bridgehead atoms. The third kappa shape index (κ3) is 5.59. The van der Waals surface area contributed by atoms with Crippen molar-refractivity contribution in [3.05, 3.63) is 5.28 Å². The summed E-state index contributed by atoms with van der Waals surface area (Å²) in [5.74, 6) is 1.54. The van der Waals surface area contributed by atoms with E-state index in [2.05, 4.69) is 60.2 Å². The van der Waals surface area contributed by atoms with Crippen LogP contribution in [0.25, 0.3) is 0 Å². The van der Waals surface area contributed by atoms with E-state index in [0.29, 0.717) is 17.8 Å². The van der Waals surface area contributed by atoms with E-state index in [1.165, 1.54) is 0 Å². The zero-order chi connectivity index (χ0) is 14.5. The van der Waals surface area contributed by atoms with E-state index < -0.39 is 0 Å². The first-order valence-corrected chi connectivity index (χ1v) is 7.10. The molecule has 1 atom stereocenters. The minimum atomic E-state index is 0.208. The summed E-state index contributed by atoms with van der Waals surface area (Å²) in [4.78, 5) is 12.4. The number of rotatable bonds is 6. The van der Waals surface area contributed by atoms with Crippen molar-refractivity contribution in [1.82, 2.24) is 15.0 Å². The molecule has 2 N–H and O–H groups in total. The third-order valence-electron chi connectivity index (χ3n) is 3.19.